The normalized spacial score (nSPS) is 15.0. The molecule has 0 spiro atoms. The first-order chi connectivity index (χ1) is 10.1. The zero-order valence-electron chi connectivity index (χ0n) is 11.4. The number of halogens is 2. The highest BCUT2D eigenvalue weighted by Crippen LogP contribution is 2.34. The number of allylic oxidation sites excluding steroid dienone is 2. The first-order valence-corrected chi connectivity index (χ1v) is 7.37. The second-order valence-electron chi connectivity index (χ2n) is 4.92. The van der Waals surface area contributed by atoms with Gasteiger partial charge in [0, 0.05) is 22.8 Å². The number of amides is 1. The zero-order chi connectivity index (χ0) is 15.0. The molecule has 2 aromatic rings. The van der Waals surface area contributed by atoms with Gasteiger partial charge >= 0.3 is 0 Å². The molecule has 1 amide bonds. The maximum atomic E-state index is 13.0. The fraction of sp³-hybridized carbons (Fsp3) is 0.118. The van der Waals surface area contributed by atoms with Gasteiger partial charge in [0.05, 0.1) is 10.6 Å². The number of rotatable bonds is 1. The van der Waals surface area contributed by atoms with Crippen LogP contribution in [-0.4, -0.2) is 5.91 Å². The molecule has 0 fully saturated rings. The molecule has 0 bridgehead atoms. The molecule has 2 nitrogen and oxygen atoms in total. The molecule has 0 saturated carbocycles. The van der Waals surface area contributed by atoms with Crippen LogP contribution in [0.3, 0.4) is 0 Å². The number of nitrogens with zero attached hydrogens (tertiary/aromatic N) is 1. The van der Waals surface area contributed by atoms with Crippen molar-refractivity contribution in [3.63, 3.8) is 0 Å². The van der Waals surface area contributed by atoms with E-state index in [1.165, 1.54) is 0 Å². The minimum absolute atomic E-state index is 0.144. The van der Waals surface area contributed by atoms with Gasteiger partial charge in [-0.05, 0) is 30.7 Å². The molecule has 1 aliphatic rings. The fourth-order valence-electron chi connectivity index (χ4n) is 2.52. The third kappa shape index (κ3) is 2.45. The summed E-state index contributed by atoms with van der Waals surface area (Å²) in [5.41, 5.74) is 2.90. The Labute approximate surface area is 133 Å². The maximum Gasteiger partial charge on any atom is 0.264 e. The summed E-state index contributed by atoms with van der Waals surface area (Å²) in [5, 5.41) is 1.10. The SMILES string of the molecule is CC1=C(Cl)Cc2cccc(Cl)c2C(=O)N1c1ccccc1. The highest BCUT2D eigenvalue weighted by molar-refractivity contribution is 6.36. The average Bonchev–Trinajstić information content (AvgIpc) is 2.57. The Bertz CT molecular complexity index is 738. The standard InChI is InChI=1S/C17H13Cl2NO/c1-11-15(19)10-12-6-5-9-14(18)16(12)17(21)20(11)13-7-3-2-4-8-13/h2-9H,10H2,1H3. The summed E-state index contributed by atoms with van der Waals surface area (Å²) < 4.78 is 0. The molecule has 0 atom stereocenters. The average molecular weight is 318 g/mol. The molecule has 0 aromatic heterocycles. The molecular formula is C17H13Cl2NO. The topological polar surface area (TPSA) is 20.3 Å². The van der Waals surface area contributed by atoms with Gasteiger partial charge in [0.15, 0.2) is 0 Å². The molecule has 0 aliphatic carbocycles. The van der Waals surface area contributed by atoms with Crippen molar-refractivity contribution < 1.29 is 4.79 Å². The summed E-state index contributed by atoms with van der Waals surface area (Å²) >= 11 is 12.7. The maximum absolute atomic E-state index is 13.0. The second kappa shape index (κ2) is 5.55. The summed E-state index contributed by atoms with van der Waals surface area (Å²) in [7, 11) is 0. The molecule has 106 valence electrons. The first-order valence-electron chi connectivity index (χ1n) is 6.61. The molecule has 21 heavy (non-hydrogen) atoms. The van der Waals surface area contributed by atoms with Gasteiger partial charge < -0.3 is 0 Å². The predicted molar refractivity (Wildman–Crippen MR) is 87.0 cm³/mol. The molecule has 1 aliphatic heterocycles. The quantitative estimate of drug-likeness (QED) is 0.723. The third-order valence-electron chi connectivity index (χ3n) is 3.60. The molecule has 4 heteroatoms. The lowest BCUT2D eigenvalue weighted by atomic mass is 10.0. The Morgan fingerprint density at radius 2 is 1.71 bits per heavy atom. The molecule has 2 aromatic carbocycles. The highest BCUT2D eigenvalue weighted by Gasteiger charge is 2.28. The van der Waals surface area contributed by atoms with Gasteiger partial charge in [0.1, 0.15) is 0 Å². The summed E-state index contributed by atoms with van der Waals surface area (Å²) in [6.07, 6.45) is 0.512. The molecule has 1 heterocycles. The van der Waals surface area contributed by atoms with E-state index in [1.807, 2.05) is 49.4 Å². The van der Waals surface area contributed by atoms with Crippen LogP contribution in [0.5, 0.6) is 0 Å². The Kier molecular flexibility index (Phi) is 3.75. The number of para-hydroxylation sites is 1. The predicted octanol–water partition coefficient (Wildman–Crippen LogP) is 5.01. The van der Waals surface area contributed by atoms with Crippen molar-refractivity contribution in [3.8, 4) is 0 Å². The molecular weight excluding hydrogens is 305 g/mol. The van der Waals surface area contributed by atoms with Crippen LogP contribution in [0.2, 0.25) is 5.02 Å². The summed E-state index contributed by atoms with van der Waals surface area (Å²) in [4.78, 5) is 14.6. The van der Waals surface area contributed by atoms with E-state index in [4.69, 9.17) is 23.2 Å². The largest absolute Gasteiger partial charge is 0.280 e. The van der Waals surface area contributed by atoms with Gasteiger partial charge in [0.25, 0.3) is 5.91 Å². The monoisotopic (exact) mass is 317 g/mol. The number of anilines is 1. The van der Waals surface area contributed by atoms with Crippen molar-refractivity contribution in [2.24, 2.45) is 0 Å². The van der Waals surface area contributed by atoms with Crippen LogP contribution in [0.4, 0.5) is 5.69 Å². The number of fused-ring (bicyclic) bond motifs is 1. The fourth-order valence-corrected chi connectivity index (χ4v) is 3.03. The van der Waals surface area contributed by atoms with Crippen LogP contribution in [0.1, 0.15) is 22.8 Å². The minimum atomic E-state index is -0.144. The Balaban J connectivity index is 2.23. The van der Waals surface area contributed by atoms with Crippen LogP contribution in [0.25, 0.3) is 0 Å². The Morgan fingerprint density at radius 1 is 1.00 bits per heavy atom. The lowest BCUT2D eigenvalue weighted by Crippen LogP contribution is -2.29. The van der Waals surface area contributed by atoms with E-state index in [-0.39, 0.29) is 5.91 Å². The van der Waals surface area contributed by atoms with Crippen molar-refractivity contribution in [2.45, 2.75) is 13.3 Å². The number of hydrogen-bond donors (Lipinski definition) is 0. The number of benzene rings is 2. The first kappa shape index (κ1) is 14.2. The van der Waals surface area contributed by atoms with E-state index in [9.17, 15) is 4.79 Å². The van der Waals surface area contributed by atoms with Crippen molar-refractivity contribution in [2.75, 3.05) is 4.90 Å². The van der Waals surface area contributed by atoms with Crippen LogP contribution < -0.4 is 4.90 Å². The molecule has 3 rings (SSSR count). The van der Waals surface area contributed by atoms with Crippen LogP contribution in [0, 0.1) is 0 Å². The van der Waals surface area contributed by atoms with Gasteiger partial charge in [-0.2, -0.15) is 0 Å². The van der Waals surface area contributed by atoms with Gasteiger partial charge in [-0.1, -0.05) is 53.5 Å². The molecule has 0 saturated heterocycles. The van der Waals surface area contributed by atoms with Crippen molar-refractivity contribution >= 4 is 34.8 Å². The summed E-state index contributed by atoms with van der Waals surface area (Å²) in [6.45, 7) is 1.85. The Hall–Kier alpha value is -1.77. The smallest absolute Gasteiger partial charge is 0.264 e. The van der Waals surface area contributed by atoms with Crippen molar-refractivity contribution in [1.29, 1.82) is 0 Å². The van der Waals surface area contributed by atoms with Gasteiger partial charge in [0.2, 0.25) is 0 Å². The van der Waals surface area contributed by atoms with Gasteiger partial charge in [-0.3, -0.25) is 9.69 Å². The molecule has 0 unspecified atom stereocenters. The summed E-state index contributed by atoms with van der Waals surface area (Å²) in [5.74, 6) is -0.144. The van der Waals surface area contributed by atoms with E-state index in [1.54, 1.807) is 11.0 Å². The van der Waals surface area contributed by atoms with E-state index >= 15 is 0 Å². The number of carbonyl (C=O) groups is 1. The number of carbonyl (C=O) groups excluding carboxylic acids is 1. The van der Waals surface area contributed by atoms with E-state index < -0.39 is 0 Å². The van der Waals surface area contributed by atoms with Crippen LogP contribution >= 0.6 is 23.2 Å². The number of hydrogen-bond acceptors (Lipinski definition) is 1. The molecule has 0 radical (unpaired) electrons. The van der Waals surface area contributed by atoms with Crippen molar-refractivity contribution in [1.82, 2.24) is 0 Å². The minimum Gasteiger partial charge on any atom is -0.280 e. The molecule has 0 N–H and O–H groups in total. The zero-order valence-corrected chi connectivity index (χ0v) is 12.9. The lowest BCUT2D eigenvalue weighted by Gasteiger charge is -2.23. The third-order valence-corrected chi connectivity index (χ3v) is 4.33. The van der Waals surface area contributed by atoms with Crippen LogP contribution in [-0.2, 0) is 6.42 Å². The van der Waals surface area contributed by atoms with Crippen LogP contribution in [0.15, 0.2) is 59.3 Å². The van der Waals surface area contributed by atoms with Crippen molar-refractivity contribution in [3.05, 3.63) is 75.4 Å². The Morgan fingerprint density at radius 3 is 2.43 bits per heavy atom. The second-order valence-corrected chi connectivity index (χ2v) is 5.78. The van der Waals surface area contributed by atoms with E-state index in [2.05, 4.69) is 0 Å². The lowest BCUT2D eigenvalue weighted by molar-refractivity contribution is 0.0995. The van der Waals surface area contributed by atoms with E-state index in [0.29, 0.717) is 22.0 Å². The highest BCUT2D eigenvalue weighted by atomic mass is 35.5. The van der Waals surface area contributed by atoms with Gasteiger partial charge in [-0.25, -0.2) is 0 Å². The van der Waals surface area contributed by atoms with Gasteiger partial charge in [-0.15, -0.1) is 0 Å². The van der Waals surface area contributed by atoms with E-state index in [0.717, 1.165) is 16.9 Å². The summed E-state index contributed by atoms with van der Waals surface area (Å²) in [6, 6.07) is 14.9.